The predicted octanol–water partition coefficient (Wildman–Crippen LogP) is 2.62. The van der Waals surface area contributed by atoms with Crippen molar-refractivity contribution in [3.8, 4) is 6.07 Å². The number of rotatable bonds is 5. The van der Waals surface area contributed by atoms with Gasteiger partial charge in [-0.1, -0.05) is 6.07 Å². The second-order valence-corrected chi connectivity index (χ2v) is 8.74. The maximum atomic E-state index is 9.11. The van der Waals surface area contributed by atoms with Crippen molar-refractivity contribution in [2.24, 2.45) is 11.3 Å². The zero-order valence-electron chi connectivity index (χ0n) is 16.7. The van der Waals surface area contributed by atoms with Gasteiger partial charge in [0.25, 0.3) is 0 Å². The van der Waals surface area contributed by atoms with Crippen molar-refractivity contribution in [1.82, 2.24) is 10.3 Å². The molecule has 1 saturated carbocycles. The number of ether oxygens (including phenoxy) is 2. The number of benzene rings is 1. The number of hydrogen-bond acceptors (Lipinski definition) is 6. The minimum Gasteiger partial charge on any atom is -0.367 e. The number of aryl methyl sites for hydroxylation is 1. The fourth-order valence-corrected chi connectivity index (χ4v) is 4.24. The van der Waals surface area contributed by atoms with Crippen molar-refractivity contribution < 1.29 is 9.47 Å². The number of aromatic nitrogens is 1. The molecule has 0 amide bonds. The van der Waals surface area contributed by atoms with E-state index in [1.54, 1.807) is 0 Å². The summed E-state index contributed by atoms with van der Waals surface area (Å²) in [6.45, 7) is 7.17. The van der Waals surface area contributed by atoms with Crippen LogP contribution in [0.1, 0.15) is 23.2 Å². The molecule has 2 spiro atoms. The van der Waals surface area contributed by atoms with Gasteiger partial charge < -0.3 is 19.7 Å². The van der Waals surface area contributed by atoms with Crippen LogP contribution in [0.15, 0.2) is 42.6 Å². The minimum absolute atomic E-state index is 0.193. The summed E-state index contributed by atoms with van der Waals surface area (Å²) in [4.78, 5) is 6.78. The molecule has 2 aromatic rings. The van der Waals surface area contributed by atoms with Crippen LogP contribution in [0.5, 0.6) is 0 Å². The molecule has 1 aromatic carbocycles. The van der Waals surface area contributed by atoms with Crippen molar-refractivity contribution in [3.63, 3.8) is 0 Å². The summed E-state index contributed by atoms with van der Waals surface area (Å²) in [6.07, 6.45) is 2.88. The van der Waals surface area contributed by atoms with Crippen LogP contribution in [0, 0.1) is 29.6 Å². The maximum absolute atomic E-state index is 9.11. The van der Waals surface area contributed by atoms with Crippen molar-refractivity contribution in [2.45, 2.75) is 25.7 Å². The summed E-state index contributed by atoms with van der Waals surface area (Å²) < 4.78 is 12.5. The Labute approximate surface area is 171 Å². The lowest BCUT2D eigenvalue weighted by Gasteiger charge is -2.47. The van der Waals surface area contributed by atoms with Crippen LogP contribution in [-0.4, -0.2) is 43.6 Å². The lowest BCUT2D eigenvalue weighted by Crippen LogP contribution is -2.62. The topological polar surface area (TPSA) is 70.4 Å². The number of nitrogens with zero attached hydrogens (tertiary/aromatic N) is 3. The Hall–Kier alpha value is -2.46. The summed E-state index contributed by atoms with van der Waals surface area (Å²) in [6, 6.07) is 14.2. The normalized spacial score (nSPS) is 23.4. The van der Waals surface area contributed by atoms with Gasteiger partial charge >= 0.3 is 0 Å². The Balaban J connectivity index is 1.30. The largest absolute Gasteiger partial charge is 0.367 e. The van der Waals surface area contributed by atoms with Gasteiger partial charge in [0.1, 0.15) is 0 Å². The molecule has 150 valence electrons. The van der Waals surface area contributed by atoms with E-state index in [1.165, 1.54) is 5.56 Å². The van der Waals surface area contributed by atoms with Gasteiger partial charge in [-0.2, -0.15) is 5.26 Å². The highest BCUT2D eigenvalue weighted by Crippen LogP contribution is 2.53. The third-order valence-corrected chi connectivity index (χ3v) is 6.39. The first-order chi connectivity index (χ1) is 14.1. The molecule has 2 saturated heterocycles. The van der Waals surface area contributed by atoms with E-state index in [4.69, 9.17) is 14.7 Å². The molecule has 1 N–H and O–H groups in total. The second kappa shape index (κ2) is 7.10. The van der Waals surface area contributed by atoms with Crippen molar-refractivity contribution in [1.29, 1.82) is 5.26 Å². The Kier molecular flexibility index (Phi) is 4.54. The summed E-state index contributed by atoms with van der Waals surface area (Å²) in [5.41, 5.74) is 4.15. The first kappa shape index (κ1) is 18.6. The predicted molar refractivity (Wildman–Crippen MR) is 109 cm³/mol. The summed E-state index contributed by atoms with van der Waals surface area (Å²) in [5, 5.41) is 12.4. The molecule has 1 aliphatic carbocycles. The second-order valence-electron chi connectivity index (χ2n) is 8.74. The van der Waals surface area contributed by atoms with E-state index in [2.05, 4.69) is 27.3 Å². The molecule has 6 nitrogen and oxygen atoms in total. The van der Waals surface area contributed by atoms with Gasteiger partial charge in [0.15, 0.2) is 5.79 Å². The maximum Gasteiger partial charge on any atom is 0.173 e. The molecule has 6 heteroatoms. The Morgan fingerprint density at radius 1 is 1.17 bits per heavy atom. The molecule has 3 fully saturated rings. The first-order valence-electron chi connectivity index (χ1n) is 10.3. The summed E-state index contributed by atoms with van der Waals surface area (Å²) >= 11 is 0. The molecule has 3 heterocycles. The van der Waals surface area contributed by atoms with Gasteiger partial charge in [0, 0.05) is 61.5 Å². The molecule has 2 aliphatic heterocycles. The van der Waals surface area contributed by atoms with Crippen LogP contribution in [0.4, 0.5) is 5.69 Å². The summed E-state index contributed by atoms with van der Waals surface area (Å²) in [5.74, 6) is -0.0565. The van der Waals surface area contributed by atoms with Crippen molar-refractivity contribution in [3.05, 3.63) is 59.4 Å². The van der Waals surface area contributed by atoms with Crippen LogP contribution in [0.25, 0.3) is 0 Å². The average Bonchev–Trinajstić information content (AvgIpc) is 3.40. The molecule has 0 bridgehead atoms. The first-order valence-corrected chi connectivity index (χ1v) is 10.3. The highest BCUT2D eigenvalue weighted by atomic mass is 16.7. The van der Waals surface area contributed by atoms with Crippen LogP contribution in [0.3, 0.4) is 0 Å². The monoisotopic (exact) mass is 390 g/mol. The standard InChI is InChI=1S/C23H26N4O2/c1-17-2-3-19(10-26-17)11-27(21-6-4-18(9-24)5-7-21)12-20-8-23(20)28-15-22(16-29-23)13-25-14-22/h2-7,10,20,25H,8,11-16H2,1H3. The quantitative estimate of drug-likeness (QED) is 0.846. The number of nitriles is 1. The molecule has 3 aliphatic rings. The van der Waals surface area contributed by atoms with Crippen LogP contribution < -0.4 is 10.2 Å². The highest BCUT2D eigenvalue weighted by Gasteiger charge is 2.62. The van der Waals surface area contributed by atoms with Crippen molar-refractivity contribution >= 4 is 5.69 Å². The third-order valence-electron chi connectivity index (χ3n) is 6.39. The minimum atomic E-state index is -0.406. The molecule has 5 rings (SSSR count). The third kappa shape index (κ3) is 3.62. The van der Waals surface area contributed by atoms with Crippen LogP contribution in [-0.2, 0) is 16.0 Å². The van der Waals surface area contributed by atoms with Crippen molar-refractivity contribution in [2.75, 3.05) is 37.7 Å². The number of pyridine rings is 1. The van der Waals surface area contributed by atoms with Gasteiger partial charge in [-0.15, -0.1) is 0 Å². The zero-order valence-corrected chi connectivity index (χ0v) is 16.7. The number of nitrogens with one attached hydrogen (secondary N) is 1. The molecular weight excluding hydrogens is 364 g/mol. The van der Waals surface area contributed by atoms with E-state index in [9.17, 15) is 0 Å². The van der Waals surface area contributed by atoms with E-state index in [0.717, 1.165) is 57.2 Å². The summed E-state index contributed by atoms with van der Waals surface area (Å²) in [7, 11) is 0. The lowest BCUT2D eigenvalue weighted by atomic mass is 9.83. The van der Waals surface area contributed by atoms with E-state index < -0.39 is 5.79 Å². The average molecular weight is 390 g/mol. The van der Waals surface area contributed by atoms with Gasteiger partial charge in [0.2, 0.25) is 0 Å². The molecule has 1 atom stereocenters. The number of hydrogen-bond donors (Lipinski definition) is 1. The van der Waals surface area contributed by atoms with E-state index >= 15 is 0 Å². The highest BCUT2D eigenvalue weighted by molar-refractivity contribution is 5.50. The van der Waals surface area contributed by atoms with Gasteiger partial charge in [0.05, 0.1) is 24.8 Å². The SMILES string of the molecule is Cc1ccc(CN(CC2CC23OCC2(CNC2)CO3)c2ccc(C#N)cc2)cn1. The van der Waals surface area contributed by atoms with Crippen LogP contribution in [0.2, 0.25) is 0 Å². The van der Waals surface area contributed by atoms with Gasteiger partial charge in [-0.25, -0.2) is 0 Å². The smallest absolute Gasteiger partial charge is 0.173 e. The molecule has 1 aromatic heterocycles. The Morgan fingerprint density at radius 3 is 2.52 bits per heavy atom. The zero-order chi connectivity index (χ0) is 19.9. The van der Waals surface area contributed by atoms with E-state index in [0.29, 0.717) is 11.5 Å². The van der Waals surface area contributed by atoms with E-state index in [1.807, 2.05) is 43.5 Å². The fourth-order valence-electron chi connectivity index (χ4n) is 4.24. The van der Waals surface area contributed by atoms with Crippen LogP contribution >= 0.6 is 0 Å². The Morgan fingerprint density at radius 2 is 1.93 bits per heavy atom. The molecule has 29 heavy (non-hydrogen) atoms. The fraction of sp³-hybridized carbons (Fsp3) is 0.478. The molecule has 1 unspecified atom stereocenters. The lowest BCUT2D eigenvalue weighted by molar-refractivity contribution is -0.264. The Bertz CT molecular complexity index is 905. The molecular formula is C23H26N4O2. The van der Waals surface area contributed by atoms with Gasteiger partial charge in [-0.05, 0) is 42.8 Å². The van der Waals surface area contributed by atoms with Gasteiger partial charge in [-0.3, -0.25) is 4.98 Å². The molecule has 0 radical (unpaired) electrons. The van der Waals surface area contributed by atoms with E-state index in [-0.39, 0.29) is 5.41 Å². The number of anilines is 1.